The minimum atomic E-state index is -0.871. The summed E-state index contributed by atoms with van der Waals surface area (Å²) >= 11 is 0. The Hall–Kier alpha value is -3.26. The zero-order chi connectivity index (χ0) is 20.5. The van der Waals surface area contributed by atoms with Crippen LogP contribution in [0.3, 0.4) is 0 Å². The largest absolute Gasteiger partial charge is 0.493 e. The molecule has 0 radical (unpaired) electrons. The van der Waals surface area contributed by atoms with Crippen molar-refractivity contribution in [1.29, 1.82) is 0 Å². The van der Waals surface area contributed by atoms with Gasteiger partial charge in [-0.2, -0.15) is 0 Å². The van der Waals surface area contributed by atoms with Crippen molar-refractivity contribution in [2.24, 2.45) is 0 Å². The van der Waals surface area contributed by atoms with Crippen molar-refractivity contribution < 1.29 is 28.9 Å². The second-order valence-corrected chi connectivity index (χ2v) is 5.79. The Kier molecular flexibility index (Phi) is 7.65. The number of nitrogens with one attached hydrogen (secondary N) is 2. The van der Waals surface area contributed by atoms with Crippen LogP contribution in [0.25, 0.3) is 0 Å². The number of benzene rings is 2. The van der Waals surface area contributed by atoms with Gasteiger partial charge in [-0.3, -0.25) is 9.59 Å². The van der Waals surface area contributed by atoms with Crippen LogP contribution in [0.5, 0.6) is 17.2 Å². The number of carbonyl (C=O) groups is 2. The number of aliphatic hydroxyl groups is 1. The lowest BCUT2D eigenvalue weighted by Gasteiger charge is -2.19. The van der Waals surface area contributed by atoms with E-state index in [2.05, 4.69) is 10.6 Å². The Labute approximate surface area is 163 Å². The minimum Gasteiger partial charge on any atom is -0.493 e. The normalized spacial score (nSPS) is 11.3. The highest BCUT2D eigenvalue weighted by molar-refractivity contribution is 6.39. The van der Waals surface area contributed by atoms with Gasteiger partial charge in [0.15, 0.2) is 11.5 Å². The van der Waals surface area contributed by atoms with Crippen molar-refractivity contribution in [2.45, 2.75) is 12.5 Å². The first-order chi connectivity index (χ1) is 13.5. The average Bonchev–Trinajstić information content (AvgIpc) is 2.73. The van der Waals surface area contributed by atoms with E-state index in [4.69, 9.17) is 14.2 Å². The summed E-state index contributed by atoms with van der Waals surface area (Å²) in [6, 6.07) is 11.8. The number of anilines is 1. The molecule has 3 N–H and O–H groups in total. The van der Waals surface area contributed by atoms with Crippen LogP contribution >= 0.6 is 0 Å². The summed E-state index contributed by atoms with van der Waals surface area (Å²) in [5.74, 6) is -0.749. The molecular formula is C20H24N2O6. The molecular weight excluding hydrogens is 364 g/mol. The first-order valence-corrected chi connectivity index (χ1v) is 8.62. The first kappa shape index (κ1) is 21.0. The lowest BCUT2D eigenvalue weighted by atomic mass is 10.0. The summed E-state index contributed by atoms with van der Waals surface area (Å²) in [5.41, 5.74) is 1.06. The average molecular weight is 388 g/mol. The van der Waals surface area contributed by atoms with Gasteiger partial charge in [-0.15, -0.1) is 0 Å². The molecule has 1 unspecified atom stereocenters. The fourth-order valence-corrected chi connectivity index (χ4v) is 2.74. The molecule has 2 rings (SSSR count). The van der Waals surface area contributed by atoms with Crippen LogP contribution in [0.2, 0.25) is 0 Å². The van der Waals surface area contributed by atoms with E-state index in [0.29, 0.717) is 11.5 Å². The van der Waals surface area contributed by atoms with Gasteiger partial charge in [-0.05, 0) is 24.1 Å². The zero-order valence-electron chi connectivity index (χ0n) is 16.0. The molecule has 0 saturated heterocycles. The van der Waals surface area contributed by atoms with E-state index in [9.17, 15) is 14.7 Å². The van der Waals surface area contributed by atoms with Crippen LogP contribution in [0.15, 0.2) is 42.5 Å². The van der Waals surface area contributed by atoms with Crippen molar-refractivity contribution in [2.75, 3.05) is 33.3 Å². The van der Waals surface area contributed by atoms with E-state index < -0.39 is 17.9 Å². The van der Waals surface area contributed by atoms with Crippen LogP contribution < -0.4 is 24.8 Å². The number of ether oxygens (including phenoxy) is 3. The third-order valence-electron chi connectivity index (χ3n) is 4.08. The molecule has 0 aromatic heterocycles. The number of methoxy groups -OCH3 is 3. The molecule has 0 aliphatic heterocycles. The molecule has 0 saturated carbocycles. The van der Waals surface area contributed by atoms with Crippen molar-refractivity contribution in [1.82, 2.24) is 5.32 Å². The topological polar surface area (TPSA) is 106 Å². The highest BCUT2D eigenvalue weighted by Gasteiger charge is 2.23. The fourth-order valence-electron chi connectivity index (χ4n) is 2.74. The second-order valence-electron chi connectivity index (χ2n) is 5.79. The lowest BCUT2D eigenvalue weighted by molar-refractivity contribution is -0.136. The Morgan fingerprint density at radius 2 is 1.61 bits per heavy atom. The monoisotopic (exact) mass is 388 g/mol. The van der Waals surface area contributed by atoms with Crippen LogP contribution in [-0.4, -0.2) is 44.9 Å². The Morgan fingerprint density at radius 3 is 2.18 bits per heavy atom. The number of hydrogen-bond donors (Lipinski definition) is 3. The third-order valence-corrected chi connectivity index (χ3v) is 4.08. The van der Waals surface area contributed by atoms with Crippen LogP contribution in [0.4, 0.5) is 5.69 Å². The van der Waals surface area contributed by atoms with E-state index >= 15 is 0 Å². The standard InChI is InChI=1S/C20H24N2O6/c1-26-16-10-9-15(17(27-2)18(16)28-3)22-20(25)19(24)21-14(11-12-23)13-7-5-4-6-8-13/h4-10,14,23H,11-12H2,1-3H3,(H,21,24)(H,22,25). The molecule has 150 valence electrons. The Morgan fingerprint density at radius 1 is 0.929 bits per heavy atom. The number of rotatable bonds is 8. The Bertz CT molecular complexity index is 810. The number of hydrogen-bond acceptors (Lipinski definition) is 6. The summed E-state index contributed by atoms with van der Waals surface area (Å²) in [7, 11) is 4.34. The lowest BCUT2D eigenvalue weighted by Crippen LogP contribution is -2.38. The zero-order valence-corrected chi connectivity index (χ0v) is 16.0. The first-order valence-electron chi connectivity index (χ1n) is 8.62. The predicted molar refractivity (Wildman–Crippen MR) is 104 cm³/mol. The molecule has 28 heavy (non-hydrogen) atoms. The molecule has 0 aliphatic carbocycles. The molecule has 2 amide bonds. The maximum absolute atomic E-state index is 12.4. The summed E-state index contributed by atoms with van der Waals surface area (Å²) in [5, 5.41) is 14.4. The molecule has 0 bridgehead atoms. The summed E-state index contributed by atoms with van der Waals surface area (Å²) < 4.78 is 15.8. The van der Waals surface area contributed by atoms with Gasteiger partial charge in [-0.1, -0.05) is 30.3 Å². The fraction of sp³-hybridized carbons (Fsp3) is 0.300. The van der Waals surface area contributed by atoms with Gasteiger partial charge >= 0.3 is 11.8 Å². The third kappa shape index (κ3) is 4.92. The minimum absolute atomic E-state index is 0.134. The van der Waals surface area contributed by atoms with Gasteiger partial charge in [0.1, 0.15) is 0 Å². The maximum Gasteiger partial charge on any atom is 0.313 e. The van der Waals surface area contributed by atoms with Crippen molar-refractivity contribution in [3.05, 3.63) is 48.0 Å². The smallest absolute Gasteiger partial charge is 0.313 e. The van der Waals surface area contributed by atoms with E-state index in [-0.39, 0.29) is 24.5 Å². The predicted octanol–water partition coefficient (Wildman–Crippen LogP) is 1.89. The maximum atomic E-state index is 12.4. The van der Waals surface area contributed by atoms with Gasteiger partial charge in [0.05, 0.1) is 33.1 Å². The van der Waals surface area contributed by atoms with Crippen molar-refractivity contribution in [3.63, 3.8) is 0 Å². The second kappa shape index (κ2) is 10.2. The van der Waals surface area contributed by atoms with E-state index in [1.807, 2.05) is 30.3 Å². The molecule has 0 spiro atoms. The molecule has 0 aliphatic rings. The van der Waals surface area contributed by atoms with Crippen LogP contribution in [0, 0.1) is 0 Å². The van der Waals surface area contributed by atoms with Gasteiger partial charge < -0.3 is 30.0 Å². The number of carbonyl (C=O) groups excluding carboxylic acids is 2. The molecule has 8 nitrogen and oxygen atoms in total. The summed E-state index contributed by atoms with van der Waals surface area (Å²) in [6.07, 6.45) is 0.280. The summed E-state index contributed by atoms with van der Waals surface area (Å²) in [6.45, 7) is -0.134. The van der Waals surface area contributed by atoms with E-state index in [1.54, 1.807) is 12.1 Å². The Balaban J connectivity index is 2.16. The molecule has 2 aromatic carbocycles. The highest BCUT2D eigenvalue weighted by Crippen LogP contribution is 2.42. The number of aliphatic hydroxyl groups excluding tert-OH is 1. The molecule has 0 fully saturated rings. The molecule has 0 heterocycles. The molecule has 2 aromatic rings. The van der Waals surface area contributed by atoms with Gasteiger partial charge in [0.25, 0.3) is 0 Å². The quantitative estimate of drug-likeness (QED) is 0.597. The van der Waals surface area contributed by atoms with Gasteiger partial charge in [0, 0.05) is 6.61 Å². The van der Waals surface area contributed by atoms with Gasteiger partial charge in [0.2, 0.25) is 5.75 Å². The SMILES string of the molecule is COc1ccc(NC(=O)C(=O)NC(CCO)c2ccccc2)c(OC)c1OC. The van der Waals surface area contributed by atoms with Crippen LogP contribution in [-0.2, 0) is 9.59 Å². The van der Waals surface area contributed by atoms with Crippen LogP contribution in [0.1, 0.15) is 18.0 Å². The van der Waals surface area contributed by atoms with Crippen molar-refractivity contribution in [3.8, 4) is 17.2 Å². The van der Waals surface area contributed by atoms with Crippen molar-refractivity contribution >= 4 is 17.5 Å². The number of amides is 2. The molecule has 8 heteroatoms. The summed E-state index contributed by atoms with van der Waals surface area (Å²) in [4.78, 5) is 24.8. The molecule has 1 atom stereocenters. The van der Waals surface area contributed by atoms with Gasteiger partial charge in [-0.25, -0.2) is 0 Å². The van der Waals surface area contributed by atoms with E-state index in [0.717, 1.165) is 5.56 Å². The van der Waals surface area contributed by atoms with E-state index in [1.165, 1.54) is 21.3 Å². The highest BCUT2D eigenvalue weighted by atomic mass is 16.5.